The summed E-state index contributed by atoms with van der Waals surface area (Å²) in [5.74, 6) is 0.606. The first-order chi connectivity index (χ1) is 11.0. The predicted molar refractivity (Wildman–Crippen MR) is 86.8 cm³/mol. The summed E-state index contributed by atoms with van der Waals surface area (Å²) in [5.41, 5.74) is -1.21. The Morgan fingerprint density at radius 3 is 2.57 bits per heavy atom. The molecule has 0 radical (unpaired) electrons. The number of likely N-dealkylation sites (tertiary alicyclic amines) is 2. The summed E-state index contributed by atoms with van der Waals surface area (Å²) in [6.07, 6.45) is 5.67. The number of amides is 2. The first-order valence-electron chi connectivity index (χ1n) is 8.97. The second-order valence-electron chi connectivity index (χ2n) is 7.58. The van der Waals surface area contributed by atoms with Crippen LogP contribution >= 0.6 is 0 Å². The van der Waals surface area contributed by atoms with Crippen LogP contribution in [0.25, 0.3) is 0 Å². The lowest BCUT2D eigenvalue weighted by Gasteiger charge is -2.42. The number of piperidine rings is 2. The number of β-amino-alcohol motifs (C(OH)–C–C–N with tert-alkyl or cyclic N) is 1. The molecule has 3 fully saturated rings. The molecule has 1 saturated carbocycles. The molecule has 0 spiro atoms. The molecule has 2 aliphatic heterocycles. The van der Waals surface area contributed by atoms with Gasteiger partial charge in [0.2, 0.25) is 5.91 Å². The lowest BCUT2D eigenvalue weighted by atomic mass is 9.90. The number of hydrogen-bond acceptors (Lipinski definition) is 4. The third-order valence-corrected chi connectivity index (χ3v) is 5.36. The van der Waals surface area contributed by atoms with Crippen molar-refractivity contribution in [2.75, 3.05) is 32.7 Å². The smallest absolute Gasteiger partial charge is 0.255 e. The fourth-order valence-corrected chi connectivity index (χ4v) is 3.89. The van der Waals surface area contributed by atoms with Crippen molar-refractivity contribution in [2.45, 2.75) is 57.1 Å². The van der Waals surface area contributed by atoms with Gasteiger partial charge in [-0.25, -0.2) is 0 Å². The van der Waals surface area contributed by atoms with Gasteiger partial charge in [-0.1, -0.05) is 0 Å². The summed E-state index contributed by atoms with van der Waals surface area (Å²) in [5, 5.41) is 13.9. The van der Waals surface area contributed by atoms with Gasteiger partial charge >= 0.3 is 0 Å². The van der Waals surface area contributed by atoms with Crippen molar-refractivity contribution in [3.05, 3.63) is 0 Å². The normalized spacial score (nSPS) is 30.5. The van der Waals surface area contributed by atoms with Gasteiger partial charge in [0.25, 0.3) is 5.91 Å². The first-order valence-corrected chi connectivity index (χ1v) is 8.97. The number of nitrogens with zero attached hydrogens (tertiary/aromatic N) is 2. The molecule has 0 aromatic carbocycles. The van der Waals surface area contributed by atoms with E-state index in [2.05, 4.69) is 10.2 Å². The predicted octanol–water partition coefficient (Wildman–Crippen LogP) is 0.350. The number of nitrogens with one attached hydrogen (secondary N) is 1. The van der Waals surface area contributed by atoms with E-state index < -0.39 is 5.60 Å². The Balaban J connectivity index is 1.51. The van der Waals surface area contributed by atoms with Crippen LogP contribution in [0.5, 0.6) is 0 Å². The Morgan fingerprint density at radius 2 is 1.96 bits per heavy atom. The maximum atomic E-state index is 12.7. The Labute approximate surface area is 138 Å². The van der Waals surface area contributed by atoms with Crippen molar-refractivity contribution in [1.29, 1.82) is 0 Å². The largest absolute Gasteiger partial charge is 0.379 e. The van der Waals surface area contributed by atoms with Crippen LogP contribution in [0.3, 0.4) is 0 Å². The molecule has 0 aromatic heterocycles. The number of aliphatic hydroxyl groups is 1. The third kappa shape index (κ3) is 4.23. The zero-order chi connectivity index (χ0) is 16.4. The van der Waals surface area contributed by atoms with Crippen molar-refractivity contribution < 1.29 is 14.7 Å². The van der Waals surface area contributed by atoms with E-state index in [0.29, 0.717) is 18.9 Å². The molecule has 2 heterocycles. The molecular weight excluding hydrogens is 294 g/mol. The van der Waals surface area contributed by atoms with Crippen molar-refractivity contribution in [3.63, 3.8) is 0 Å². The highest BCUT2D eigenvalue weighted by Gasteiger charge is 2.44. The number of hydrogen-bond donors (Lipinski definition) is 2. The van der Waals surface area contributed by atoms with Gasteiger partial charge in [0.05, 0.1) is 0 Å². The van der Waals surface area contributed by atoms with E-state index in [0.717, 1.165) is 45.4 Å². The van der Waals surface area contributed by atoms with E-state index in [1.54, 1.807) is 6.92 Å². The van der Waals surface area contributed by atoms with Crippen LogP contribution in [0.15, 0.2) is 0 Å². The number of carbonyl (C=O) groups is 2. The van der Waals surface area contributed by atoms with Crippen molar-refractivity contribution in [2.24, 2.45) is 5.92 Å². The van der Waals surface area contributed by atoms with Gasteiger partial charge in [0, 0.05) is 45.7 Å². The van der Waals surface area contributed by atoms with E-state index in [1.807, 2.05) is 4.90 Å². The zero-order valence-electron chi connectivity index (χ0n) is 14.1. The Morgan fingerprint density at radius 1 is 1.26 bits per heavy atom. The average molecular weight is 323 g/mol. The highest BCUT2D eigenvalue weighted by atomic mass is 16.3. The highest BCUT2D eigenvalue weighted by Crippen LogP contribution is 2.33. The van der Waals surface area contributed by atoms with Crippen LogP contribution in [-0.4, -0.2) is 71.1 Å². The molecule has 130 valence electrons. The fourth-order valence-electron chi connectivity index (χ4n) is 3.89. The summed E-state index contributed by atoms with van der Waals surface area (Å²) < 4.78 is 0. The first kappa shape index (κ1) is 16.7. The summed E-state index contributed by atoms with van der Waals surface area (Å²) in [7, 11) is 0. The maximum Gasteiger partial charge on any atom is 0.255 e. The molecule has 3 aliphatic rings. The molecular formula is C17H29N3O3. The minimum Gasteiger partial charge on any atom is -0.379 e. The van der Waals surface area contributed by atoms with Gasteiger partial charge in [0.1, 0.15) is 0 Å². The summed E-state index contributed by atoms with van der Waals surface area (Å²) in [6, 6.07) is 0.229. The van der Waals surface area contributed by atoms with Gasteiger partial charge in [-0.15, -0.1) is 0 Å². The number of rotatable bonds is 5. The molecule has 2 amide bonds. The van der Waals surface area contributed by atoms with Crippen LogP contribution < -0.4 is 5.32 Å². The van der Waals surface area contributed by atoms with Crippen molar-refractivity contribution >= 4 is 11.8 Å². The standard InChI is InChI=1S/C17H29N3O3/c1-13(21)18-15-5-9-19(10-6-15)12-17(23)7-2-8-20(16(17)22)11-14-3-4-14/h14-15,23H,2-12H2,1H3,(H,18,21)/t17-/m0/s1. The van der Waals surface area contributed by atoms with E-state index in [-0.39, 0.29) is 17.9 Å². The molecule has 3 rings (SSSR count). The summed E-state index contributed by atoms with van der Waals surface area (Å²) in [4.78, 5) is 27.9. The third-order valence-electron chi connectivity index (χ3n) is 5.36. The van der Waals surface area contributed by atoms with Crippen molar-refractivity contribution in [1.82, 2.24) is 15.1 Å². The second-order valence-corrected chi connectivity index (χ2v) is 7.58. The van der Waals surface area contributed by atoms with E-state index in [9.17, 15) is 14.7 Å². The Kier molecular flexibility index (Phi) is 4.92. The molecule has 1 atom stereocenters. The minimum atomic E-state index is -1.21. The van der Waals surface area contributed by atoms with Gasteiger partial charge < -0.3 is 15.3 Å². The Hall–Kier alpha value is -1.14. The van der Waals surface area contributed by atoms with E-state index >= 15 is 0 Å². The van der Waals surface area contributed by atoms with Crippen LogP contribution in [0, 0.1) is 5.92 Å². The molecule has 1 aliphatic carbocycles. The molecule has 23 heavy (non-hydrogen) atoms. The van der Waals surface area contributed by atoms with Gasteiger partial charge in [-0.05, 0) is 44.4 Å². The molecule has 0 bridgehead atoms. The molecule has 6 heteroatoms. The lowest BCUT2D eigenvalue weighted by molar-refractivity contribution is -0.160. The summed E-state index contributed by atoms with van der Waals surface area (Å²) in [6.45, 7) is 5.24. The van der Waals surface area contributed by atoms with Crippen LogP contribution in [0.2, 0.25) is 0 Å². The summed E-state index contributed by atoms with van der Waals surface area (Å²) >= 11 is 0. The average Bonchev–Trinajstić information content (AvgIpc) is 3.30. The quantitative estimate of drug-likeness (QED) is 0.766. The number of carbonyl (C=O) groups excluding carboxylic acids is 2. The van der Waals surface area contributed by atoms with Gasteiger partial charge in [-0.3, -0.25) is 14.5 Å². The molecule has 0 unspecified atom stereocenters. The zero-order valence-corrected chi connectivity index (χ0v) is 14.1. The van der Waals surface area contributed by atoms with Gasteiger partial charge in [-0.2, -0.15) is 0 Å². The lowest BCUT2D eigenvalue weighted by Crippen LogP contribution is -2.60. The Bertz CT molecular complexity index is 458. The van der Waals surface area contributed by atoms with Crippen LogP contribution in [0.1, 0.15) is 45.4 Å². The highest BCUT2D eigenvalue weighted by molar-refractivity contribution is 5.86. The SMILES string of the molecule is CC(=O)NC1CCN(C[C@@]2(O)CCCN(CC3CC3)C2=O)CC1. The van der Waals surface area contributed by atoms with Crippen LogP contribution in [0.4, 0.5) is 0 Å². The fraction of sp³-hybridized carbons (Fsp3) is 0.882. The van der Waals surface area contributed by atoms with E-state index in [4.69, 9.17) is 0 Å². The van der Waals surface area contributed by atoms with Gasteiger partial charge in [0.15, 0.2) is 5.60 Å². The minimum absolute atomic E-state index is 0.0141. The maximum absolute atomic E-state index is 12.7. The molecule has 6 nitrogen and oxygen atoms in total. The van der Waals surface area contributed by atoms with E-state index in [1.165, 1.54) is 12.8 Å². The van der Waals surface area contributed by atoms with Crippen LogP contribution in [-0.2, 0) is 9.59 Å². The molecule has 2 saturated heterocycles. The van der Waals surface area contributed by atoms with Crippen molar-refractivity contribution in [3.8, 4) is 0 Å². The molecule has 0 aromatic rings. The second kappa shape index (κ2) is 6.77. The molecule has 2 N–H and O–H groups in total. The topological polar surface area (TPSA) is 72.9 Å². The monoisotopic (exact) mass is 323 g/mol.